The van der Waals surface area contributed by atoms with Gasteiger partial charge in [-0.3, -0.25) is 0 Å². The van der Waals surface area contributed by atoms with Gasteiger partial charge in [0, 0.05) is 6.00 Å². The molecule has 2 rings (SSSR count). The zero-order chi connectivity index (χ0) is 8.77. The summed E-state index contributed by atoms with van der Waals surface area (Å²) in [6, 6.07) is -0.0463. The van der Waals surface area contributed by atoms with Crippen molar-refractivity contribution >= 4 is 7.85 Å². The van der Waals surface area contributed by atoms with E-state index in [0.29, 0.717) is 11.8 Å². The summed E-state index contributed by atoms with van der Waals surface area (Å²) < 4.78 is 5.83. The van der Waals surface area contributed by atoms with Gasteiger partial charge in [-0.1, -0.05) is 26.0 Å². The van der Waals surface area contributed by atoms with Crippen molar-refractivity contribution in [1.29, 1.82) is 0 Å². The van der Waals surface area contributed by atoms with E-state index < -0.39 is 0 Å². The Morgan fingerprint density at radius 1 is 1.67 bits per heavy atom. The van der Waals surface area contributed by atoms with E-state index in [1.807, 2.05) is 0 Å². The van der Waals surface area contributed by atoms with Crippen LogP contribution in [0, 0.1) is 11.8 Å². The summed E-state index contributed by atoms with van der Waals surface area (Å²) in [5, 5.41) is 0. The number of ether oxygens (including phenoxy) is 1. The molecule has 2 bridgehead atoms. The Bertz CT molecular complexity index is 214. The lowest BCUT2D eigenvalue weighted by Gasteiger charge is -2.32. The average molecular weight is 162 g/mol. The third kappa shape index (κ3) is 0.907. The Morgan fingerprint density at radius 3 is 3.00 bits per heavy atom. The van der Waals surface area contributed by atoms with Crippen LogP contribution in [0.5, 0.6) is 0 Å². The van der Waals surface area contributed by atoms with Crippen molar-refractivity contribution < 1.29 is 4.74 Å². The molecule has 0 aromatic heterocycles. The molecule has 0 aromatic carbocycles. The van der Waals surface area contributed by atoms with Crippen molar-refractivity contribution in [1.82, 2.24) is 0 Å². The van der Waals surface area contributed by atoms with E-state index in [2.05, 4.69) is 26.0 Å². The second-order valence-corrected chi connectivity index (χ2v) is 3.98. The lowest BCUT2D eigenvalue weighted by Crippen LogP contribution is -2.34. The lowest BCUT2D eigenvalue weighted by atomic mass is 9.71. The Balaban J connectivity index is 2.33. The smallest absolute Gasteiger partial charge is 0.109 e. The summed E-state index contributed by atoms with van der Waals surface area (Å²) in [4.78, 5) is 0. The van der Waals surface area contributed by atoms with E-state index in [-0.39, 0.29) is 11.6 Å². The molecule has 0 aromatic rings. The van der Waals surface area contributed by atoms with Crippen LogP contribution < -0.4 is 0 Å². The van der Waals surface area contributed by atoms with Crippen LogP contribution in [0.25, 0.3) is 0 Å². The maximum atomic E-state index is 5.91. The van der Waals surface area contributed by atoms with Gasteiger partial charge in [0.1, 0.15) is 7.85 Å². The first-order valence-electron chi connectivity index (χ1n) is 4.81. The molecule has 0 saturated carbocycles. The average Bonchev–Trinajstić information content (AvgIpc) is 2.23. The highest BCUT2D eigenvalue weighted by Gasteiger charge is 2.49. The molecule has 2 heteroatoms. The van der Waals surface area contributed by atoms with Crippen LogP contribution in [0.2, 0.25) is 0 Å². The van der Waals surface area contributed by atoms with Crippen LogP contribution in [0.15, 0.2) is 12.2 Å². The fraction of sp³-hybridized carbons (Fsp3) is 0.800. The first kappa shape index (κ1) is 8.37. The quantitative estimate of drug-likeness (QED) is 0.422. The first-order valence-corrected chi connectivity index (χ1v) is 4.81. The molecule has 1 unspecified atom stereocenters. The van der Waals surface area contributed by atoms with Crippen LogP contribution in [0.1, 0.15) is 26.7 Å². The van der Waals surface area contributed by atoms with E-state index in [4.69, 9.17) is 12.6 Å². The van der Waals surface area contributed by atoms with Crippen molar-refractivity contribution in [3.05, 3.63) is 12.2 Å². The summed E-state index contributed by atoms with van der Waals surface area (Å²) in [7, 11) is 5.91. The molecule has 1 aliphatic carbocycles. The van der Waals surface area contributed by atoms with Crippen LogP contribution in [0.3, 0.4) is 0 Å². The van der Waals surface area contributed by atoms with Crippen molar-refractivity contribution in [3.8, 4) is 0 Å². The molecule has 64 valence electrons. The van der Waals surface area contributed by atoms with Crippen molar-refractivity contribution in [2.45, 2.75) is 38.3 Å². The molecule has 0 N–H and O–H groups in total. The molecule has 4 atom stereocenters. The largest absolute Gasteiger partial charge is 0.377 e. The van der Waals surface area contributed by atoms with E-state index in [9.17, 15) is 0 Å². The molecule has 1 heterocycles. The summed E-state index contributed by atoms with van der Waals surface area (Å²) >= 11 is 0. The molecule has 0 amide bonds. The molecule has 0 spiro atoms. The lowest BCUT2D eigenvalue weighted by molar-refractivity contribution is 0.00636. The number of fused-ring (bicyclic) bond motifs is 2. The first-order chi connectivity index (χ1) is 5.69. The van der Waals surface area contributed by atoms with Gasteiger partial charge in [-0.25, -0.2) is 0 Å². The minimum absolute atomic E-state index is 0.0394. The normalized spacial score (nSPS) is 51.3. The zero-order valence-corrected chi connectivity index (χ0v) is 7.79. The van der Waals surface area contributed by atoms with Gasteiger partial charge in [0.2, 0.25) is 0 Å². The molecule has 1 saturated heterocycles. The van der Waals surface area contributed by atoms with E-state index in [1.165, 1.54) is 0 Å². The van der Waals surface area contributed by atoms with E-state index in [1.54, 1.807) is 0 Å². The monoisotopic (exact) mass is 162 g/mol. The van der Waals surface area contributed by atoms with E-state index >= 15 is 0 Å². The number of hydrogen-bond acceptors (Lipinski definition) is 1. The highest BCUT2D eigenvalue weighted by atomic mass is 16.5. The number of allylic oxidation sites excluding steroid dienone is 1. The van der Waals surface area contributed by atoms with Crippen LogP contribution >= 0.6 is 0 Å². The summed E-state index contributed by atoms with van der Waals surface area (Å²) in [5.74, 6) is 1.12. The van der Waals surface area contributed by atoms with Gasteiger partial charge in [0.15, 0.2) is 0 Å². The van der Waals surface area contributed by atoms with Crippen molar-refractivity contribution in [2.24, 2.45) is 11.8 Å². The van der Waals surface area contributed by atoms with E-state index in [0.717, 1.165) is 12.8 Å². The standard InChI is InChI=1S/C10H15BO/c1-3-10-6-4-5-8(7(10)2)9(11)12-10/h4,6-9H,3,5H2,1-2H3/t7?,8-,9+,10-/m0/s1. The topological polar surface area (TPSA) is 9.23 Å². The molecule has 2 aliphatic rings. The van der Waals surface area contributed by atoms with Crippen LogP contribution in [-0.4, -0.2) is 19.5 Å². The van der Waals surface area contributed by atoms with Crippen molar-refractivity contribution in [2.75, 3.05) is 0 Å². The van der Waals surface area contributed by atoms with Gasteiger partial charge in [-0.2, -0.15) is 0 Å². The molecule has 1 fully saturated rings. The maximum absolute atomic E-state index is 5.91. The van der Waals surface area contributed by atoms with Crippen LogP contribution in [-0.2, 0) is 4.74 Å². The predicted octanol–water partition coefficient (Wildman–Crippen LogP) is 1.87. The van der Waals surface area contributed by atoms with Gasteiger partial charge in [0.25, 0.3) is 0 Å². The Kier molecular flexibility index (Phi) is 1.83. The third-order valence-corrected chi connectivity index (χ3v) is 3.55. The minimum Gasteiger partial charge on any atom is -0.377 e. The Labute approximate surface area is 75.6 Å². The molecular formula is C10H15BO. The zero-order valence-electron chi connectivity index (χ0n) is 7.79. The molecular weight excluding hydrogens is 147 g/mol. The molecule has 1 aliphatic heterocycles. The van der Waals surface area contributed by atoms with Gasteiger partial charge in [-0.05, 0) is 24.7 Å². The number of hydrogen-bond donors (Lipinski definition) is 0. The molecule has 2 radical (unpaired) electrons. The van der Waals surface area contributed by atoms with Gasteiger partial charge in [0.05, 0.1) is 5.60 Å². The summed E-state index contributed by atoms with van der Waals surface area (Å²) in [6.07, 6.45) is 6.56. The fourth-order valence-electron chi connectivity index (χ4n) is 2.57. The second-order valence-electron chi connectivity index (χ2n) is 3.98. The van der Waals surface area contributed by atoms with Crippen LogP contribution in [0.4, 0.5) is 0 Å². The Morgan fingerprint density at radius 2 is 2.42 bits per heavy atom. The summed E-state index contributed by atoms with van der Waals surface area (Å²) in [6.45, 7) is 4.42. The fourth-order valence-corrected chi connectivity index (χ4v) is 2.57. The second kappa shape index (κ2) is 2.63. The minimum atomic E-state index is -0.0463. The SMILES string of the molecule is [B][C@@H]1O[C@@]2(CC)C=CC[C@H]1C2C. The Hall–Kier alpha value is -0.235. The van der Waals surface area contributed by atoms with Gasteiger partial charge in [-0.15, -0.1) is 0 Å². The molecule has 12 heavy (non-hydrogen) atoms. The van der Waals surface area contributed by atoms with Gasteiger partial charge < -0.3 is 4.74 Å². The highest BCUT2D eigenvalue weighted by Crippen LogP contribution is 2.47. The van der Waals surface area contributed by atoms with Gasteiger partial charge >= 0.3 is 0 Å². The molecule has 1 nitrogen and oxygen atoms in total. The highest BCUT2D eigenvalue weighted by molar-refractivity contribution is 6.11. The maximum Gasteiger partial charge on any atom is 0.109 e. The number of rotatable bonds is 1. The predicted molar refractivity (Wildman–Crippen MR) is 50.1 cm³/mol. The van der Waals surface area contributed by atoms with Crippen molar-refractivity contribution in [3.63, 3.8) is 0 Å². The third-order valence-electron chi connectivity index (χ3n) is 3.55. The summed E-state index contributed by atoms with van der Waals surface area (Å²) in [5.41, 5.74) is -0.0394.